The first-order valence-corrected chi connectivity index (χ1v) is 4.13. The van der Waals surface area contributed by atoms with E-state index in [0.29, 0.717) is 6.54 Å². The number of rotatable bonds is 2. The van der Waals surface area contributed by atoms with E-state index >= 15 is 0 Å². The molecule has 2 amide bonds. The second-order valence-corrected chi connectivity index (χ2v) is 2.68. The van der Waals surface area contributed by atoms with Crippen LogP contribution in [0.2, 0.25) is 0 Å². The number of allylic oxidation sites excluding steroid dienone is 1. The van der Waals surface area contributed by atoms with Crippen molar-refractivity contribution in [1.29, 1.82) is 0 Å². The van der Waals surface area contributed by atoms with Gasteiger partial charge >= 0.3 is 6.03 Å². The maximum atomic E-state index is 11.3. The van der Waals surface area contributed by atoms with Crippen molar-refractivity contribution < 1.29 is 4.79 Å². The molecule has 0 bridgehead atoms. The minimum absolute atomic E-state index is 0.109. The van der Waals surface area contributed by atoms with Gasteiger partial charge in [-0.1, -0.05) is 0 Å². The fourth-order valence-corrected chi connectivity index (χ4v) is 0.943. The maximum absolute atomic E-state index is 11.3. The normalized spacial score (nSPS) is 18.2. The zero-order chi connectivity index (χ0) is 9.68. The quantitative estimate of drug-likeness (QED) is 0.641. The molecule has 4 nitrogen and oxygen atoms in total. The molecule has 1 aliphatic rings. The highest BCUT2D eigenvalue weighted by atomic mass is 16.2. The number of carbonyl (C=O) groups excluding carboxylic acids is 1. The Labute approximate surface area is 77.6 Å². The number of nitrogens with zero attached hydrogens (tertiary/aromatic N) is 2. The highest BCUT2D eigenvalue weighted by Gasteiger charge is 2.13. The van der Waals surface area contributed by atoms with Gasteiger partial charge in [0.15, 0.2) is 0 Å². The van der Waals surface area contributed by atoms with Crippen LogP contribution in [0.15, 0.2) is 29.2 Å². The van der Waals surface area contributed by atoms with Crippen LogP contribution < -0.4 is 5.32 Å². The average molecular weight is 179 g/mol. The van der Waals surface area contributed by atoms with E-state index in [9.17, 15) is 4.79 Å². The molecule has 0 unspecified atom stereocenters. The van der Waals surface area contributed by atoms with Crippen molar-refractivity contribution in [2.24, 2.45) is 4.99 Å². The molecular weight excluding hydrogens is 166 g/mol. The van der Waals surface area contributed by atoms with E-state index in [2.05, 4.69) is 10.3 Å². The van der Waals surface area contributed by atoms with Gasteiger partial charge in [-0.3, -0.25) is 9.89 Å². The van der Waals surface area contributed by atoms with Gasteiger partial charge in [-0.05, 0) is 19.9 Å². The van der Waals surface area contributed by atoms with Gasteiger partial charge in [-0.15, -0.1) is 0 Å². The fourth-order valence-electron chi connectivity index (χ4n) is 0.943. The Hall–Kier alpha value is -1.58. The molecule has 0 atom stereocenters. The van der Waals surface area contributed by atoms with E-state index in [-0.39, 0.29) is 6.03 Å². The van der Waals surface area contributed by atoms with Crippen LogP contribution in [0.3, 0.4) is 0 Å². The number of carbonyl (C=O) groups is 1. The summed E-state index contributed by atoms with van der Waals surface area (Å²) in [5, 5.41) is 2.70. The molecule has 0 aromatic carbocycles. The first-order valence-electron chi connectivity index (χ1n) is 4.13. The second kappa shape index (κ2) is 4.45. The van der Waals surface area contributed by atoms with Crippen LogP contribution in [0.1, 0.15) is 13.8 Å². The van der Waals surface area contributed by atoms with Gasteiger partial charge in [0.1, 0.15) is 0 Å². The number of hydrogen-bond acceptors (Lipinski definition) is 2. The molecule has 1 N–H and O–H groups in total. The molecule has 1 heterocycles. The molecule has 0 spiro atoms. The van der Waals surface area contributed by atoms with E-state index in [4.69, 9.17) is 0 Å². The molecule has 1 rings (SSSR count). The van der Waals surface area contributed by atoms with Crippen molar-refractivity contribution in [2.45, 2.75) is 13.8 Å². The summed E-state index contributed by atoms with van der Waals surface area (Å²) in [5.41, 5.74) is 0.897. The van der Waals surface area contributed by atoms with E-state index in [1.54, 1.807) is 23.5 Å². The van der Waals surface area contributed by atoms with Crippen molar-refractivity contribution in [3.63, 3.8) is 0 Å². The summed E-state index contributed by atoms with van der Waals surface area (Å²) in [6, 6.07) is -0.109. The molecule has 1 aliphatic heterocycles. The molecule has 70 valence electrons. The van der Waals surface area contributed by atoms with Gasteiger partial charge in [0.2, 0.25) is 0 Å². The van der Waals surface area contributed by atoms with Crippen LogP contribution in [-0.2, 0) is 0 Å². The van der Waals surface area contributed by atoms with Crippen molar-refractivity contribution in [3.8, 4) is 0 Å². The van der Waals surface area contributed by atoms with Crippen LogP contribution in [0.25, 0.3) is 0 Å². The highest BCUT2D eigenvalue weighted by molar-refractivity contribution is 5.78. The number of urea groups is 1. The van der Waals surface area contributed by atoms with Crippen molar-refractivity contribution >= 4 is 12.2 Å². The van der Waals surface area contributed by atoms with Crippen LogP contribution in [-0.4, -0.2) is 23.7 Å². The summed E-state index contributed by atoms with van der Waals surface area (Å²) in [6.07, 6.45) is 6.85. The number of aliphatic imine (C=N–C) groups is 1. The molecule has 4 heteroatoms. The zero-order valence-electron chi connectivity index (χ0n) is 7.82. The van der Waals surface area contributed by atoms with Crippen LogP contribution in [0.4, 0.5) is 4.79 Å². The molecule has 0 radical (unpaired) electrons. The van der Waals surface area contributed by atoms with Gasteiger partial charge in [0.05, 0.1) is 0 Å². The Balaban J connectivity index is 2.57. The van der Waals surface area contributed by atoms with Crippen molar-refractivity contribution in [1.82, 2.24) is 10.2 Å². The van der Waals surface area contributed by atoms with Crippen molar-refractivity contribution in [3.05, 3.63) is 24.2 Å². The monoisotopic (exact) mass is 179 g/mol. The Morgan fingerprint density at radius 1 is 1.69 bits per heavy atom. The van der Waals surface area contributed by atoms with E-state index < -0.39 is 0 Å². The Morgan fingerprint density at radius 3 is 3.08 bits per heavy atom. The SMILES string of the molecule is CC=N/C=C\N1CC=C(C)NC1=O. The van der Waals surface area contributed by atoms with E-state index in [1.807, 2.05) is 19.9 Å². The van der Waals surface area contributed by atoms with Crippen LogP contribution in [0, 0.1) is 0 Å². The first-order chi connectivity index (χ1) is 6.24. The topological polar surface area (TPSA) is 44.7 Å². The second-order valence-electron chi connectivity index (χ2n) is 2.68. The maximum Gasteiger partial charge on any atom is 0.325 e. The van der Waals surface area contributed by atoms with Gasteiger partial charge in [-0.2, -0.15) is 0 Å². The summed E-state index contributed by atoms with van der Waals surface area (Å²) >= 11 is 0. The smallest absolute Gasteiger partial charge is 0.312 e. The third kappa shape index (κ3) is 2.74. The highest BCUT2D eigenvalue weighted by Crippen LogP contribution is 2.02. The fraction of sp³-hybridized carbons (Fsp3) is 0.333. The largest absolute Gasteiger partial charge is 0.325 e. The molecule has 0 fully saturated rings. The molecule has 0 saturated carbocycles. The first kappa shape index (κ1) is 9.51. The lowest BCUT2D eigenvalue weighted by molar-refractivity contribution is 0.219. The predicted molar refractivity (Wildman–Crippen MR) is 52.3 cm³/mol. The Morgan fingerprint density at radius 2 is 2.46 bits per heavy atom. The number of amides is 2. The van der Waals surface area contributed by atoms with Gasteiger partial charge in [0.25, 0.3) is 0 Å². The summed E-state index contributed by atoms with van der Waals surface area (Å²) in [5.74, 6) is 0. The summed E-state index contributed by atoms with van der Waals surface area (Å²) in [4.78, 5) is 16.7. The molecule has 0 aliphatic carbocycles. The summed E-state index contributed by atoms with van der Waals surface area (Å²) < 4.78 is 0. The van der Waals surface area contributed by atoms with Crippen LogP contribution in [0.5, 0.6) is 0 Å². The minimum atomic E-state index is -0.109. The molecule has 0 saturated heterocycles. The third-order valence-electron chi connectivity index (χ3n) is 1.64. The Bertz CT molecular complexity index is 279. The number of nitrogens with one attached hydrogen (secondary N) is 1. The molecular formula is C9H13N3O. The Kier molecular flexibility index (Phi) is 3.25. The van der Waals surface area contributed by atoms with Gasteiger partial charge < -0.3 is 5.32 Å². The predicted octanol–water partition coefficient (Wildman–Crippen LogP) is 1.48. The van der Waals surface area contributed by atoms with Crippen LogP contribution >= 0.6 is 0 Å². The third-order valence-corrected chi connectivity index (χ3v) is 1.64. The minimum Gasteiger partial charge on any atom is -0.312 e. The van der Waals surface area contributed by atoms with Gasteiger partial charge in [-0.25, -0.2) is 4.79 Å². The standard InChI is InChI=1S/C9H13N3O/c1-3-10-5-7-12-6-4-8(2)11-9(12)13/h3-5,7H,6H2,1-2H3,(H,11,13)/b7-5-,10-3?. The van der Waals surface area contributed by atoms with E-state index in [1.165, 1.54) is 0 Å². The lowest BCUT2D eigenvalue weighted by Crippen LogP contribution is -2.39. The van der Waals surface area contributed by atoms with Gasteiger partial charge in [0, 0.05) is 30.9 Å². The zero-order valence-corrected chi connectivity index (χ0v) is 7.82. The average Bonchev–Trinajstić information content (AvgIpc) is 2.09. The van der Waals surface area contributed by atoms with Crippen molar-refractivity contribution in [2.75, 3.05) is 6.54 Å². The molecule has 0 aromatic heterocycles. The summed E-state index contributed by atoms with van der Waals surface area (Å²) in [7, 11) is 0. The molecule has 0 aromatic rings. The lowest BCUT2D eigenvalue weighted by atomic mass is 10.3. The van der Waals surface area contributed by atoms with E-state index in [0.717, 1.165) is 5.70 Å². The number of hydrogen-bond donors (Lipinski definition) is 1. The summed E-state index contributed by atoms with van der Waals surface area (Å²) in [6.45, 7) is 4.29. The molecule has 13 heavy (non-hydrogen) atoms. The lowest BCUT2D eigenvalue weighted by Gasteiger charge is -2.22.